The number of thiazole rings is 1. The monoisotopic (exact) mass is 380 g/mol. The molecule has 0 radical (unpaired) electrons. The molecule has 4 rings (SSSR count). The number of phenols is 1. The van der Waals surface area contributed by atoms with Gasteiger partial charge in [-0.1, -0.05) is 0 Å². The first-order chi connectivity index (χ1) is 13.1. The molecule has 0 saturated heterocycles. The Labute approximate surface area is 157 Å². The van der Waals surface area contributed by atoms with Crippen LogP contribution >= 0.6 is 11.3 Å². The van der Waals surface area contributed by atoms with Crippen LogP contribution in [0.15, 0.2) is 60.1 Å². The van der Waals surface area contributed by atoms with Gasteiger partial charge in [-0.25, -0.2) is 14.4 Å². The molecule has 0 atom stereocenters. The molecule has 8 heteroatoms. The second-order valence-electron chi connectivity index (χ2n) is 5.65. The lowest BCUT2D eigenvalue weighted by molar-refractivity contribution is 0.102. The number of hydrogen-bond donors (Lipinski definition) is 3. The Morgan fingerprint density at radius 1 is 1.07 bits per heavy atom. The number of nitrogens with one attached hydrogen (secondary N) is 2. The van der Waals surface area contributed by atoms with Crippen LogP contribution in [0.3, 0.4) is 0 Å². The van der Waals surface area contributed by atoms with Gasteiger partial charge in [-0.3, -0.25) is 10.1 Å². The fourth-order valence-electron chi connectivity index (χ4n) is 2.56. The third-order valence-electron chi connectivity index (χ3n) is 3.85. The zero-order valence-electron chi connectivity index (χ0n) is 13.8. The molecule has 0 unspecified atom stereocenters. The molecular formula is C19H13FN4O2S. The SMILES string of the molecule is O=C(Nc1nccs1)c1nc(-c2ccc(O)cc2)[nH]c1-c1ccc(F)cc1. The van der Waals surface area contributed by atoms with Crippen molar-refractivity contribution in [3.63, 3.8) is 0 Å². The van der Waals surface area contributed by atoms with Crippen LogP contribution < -0.4 is 5.32 Å². The average Bonchev–Trinajstić information content (AvgIpc) is 3.33. The molecule has 6 nitrogen and oxygen atoms in total. The number of amides is 1. The minimum atomic E-state index is -0.425. The lowest BCUT2D eigenvalue weighted by atomic mass is 10.1. The Bertz CT molecular complexity index is 1070. The summed E-state index contributed by atoms with van der Waals surface area (Å²) < 4.78 is 13.3. The molecular weight excluding hydrogens is 367 g/mol. The molecule has 0 spiro atoms. The number of aromatic amines is 1. The second-order valence-corrected chi connectivity index (χ2v) is 6.55. The maximum Gasteiger partial charge on any atom is 0.278 e. The van der Waals surface area contributed by atoms with Gasteiger partial charge in [0.2, 0.25) is 0 Å². The highest BCUT2D eigenvalue weighted by molar-refractivity contribution is 7.13. The normalized spacial score (nSPS) is 10.7. The van der Waals surface area contributed by atoms with Crippen molar-refractivity contribution in [3.8, 4) is 28.4 Å². The number of H-pyrrole nitrogens is 1. The van der Waals surface area contributed by atoms with Crippen molar-refractivity contribution in [2.24, 2.45) is 0 Å². The van der Waals surface area contributed by atoms with E-state index in [0.29, 0.717) is 27.8 Å². The quantitative estimate of drug-likeness (QED) is 0.492. The second kappa shape index (κ2) is 7.00. The highest BCUT2D eigenvalue weighted by Gasteiger charge is 2.20. The topological polar surface area (TPSA) is 90.9 Å². The molecule has 2 aromatic heterocycles. The molecule has 0 aliphatic carbocycles. The fourth-order valence-corrected chi connectivity index (χ4v) is 3.08. The summed E-state index contributed by atoms with van der Waals surface area (Å²) >= 11 is 1.30. The first-order valence-corrected chi connectivity index (χ1v) is 8.84. The van der Waals surface area contributed by atoms with Crippen LogP contribution in [0, 0.1) is 5.82 Å². The molecule has 0 saturated carbocycles. The minimum absolute atomic E-state index is 0.130. The number of aromatic hydroxyl groups is 1. The molecule has 0 bridgehead atoms. The first kappa shape index (κ1) is 16.9. The summed E-state index contributed by atoms with van der Waals surface area (Å²) in [6, 6.07) is 12.2. The fraction of sp³-hybridized carbons (Fsp3) is 0. The number of benzene rings is 2. The Balaban J connectivity index is 1.78. The number of aromatic nitrogens is 3. The Morgan fingerprint density at radius 2 is 1.78 bits per heavy atom. The number of halogens is 1. The smallest absolute Gasteiger partial charge is 0.278 e. The van der Waals surface area contributed by atoms with Crippen molar-refractivity contribution in [1.29, 1.82) is 0 Å². The van der Waals surface area contributed by atoms with Gasteiger partial charge in [0, 0.05) is 22.7 Å². The van der Waals surface area contributed by atoms with E-state index < -0.39 is 5.91 Å². The van der Waals surface area contributed by atoms with Crippen molar-refractivity contribution in [1.82, 2.24) is 15.0 Å². The largest absolute Gasteiger partial charge is 0.508 e. The van der Waals surface area contributed by atoms with Crippen molar-refractivity contribution in [2.45, 2.75) is 0 Å². The van der Waals surface area contributed by atoms with E-state index in [2.05, 4.69) is 20.3 Å². The van der Waals surface area contributed by atoms with Gasteiger partial charge in [0.1, 0.15) is 17.4 Å². The van der Waals surface area contributed by atoms with Gasteiger partial charge in [0.15, 0.2) is 10.8 Å². The standard InChI is InChI=1S/C19H13FN4O2S/c20-13-5-1-11(2-6-13)15-16(18(26)24-19-21-9-10-27-19)23-17(22-15)12-3-7-14(25)8-4-12/h1-10,25H,(H,22,23)(H,21,24,26). The summed E-state index contributed by atoms with van der Waals surface area (Å²) in [5.74, 6) is -0.208. The summed E-state index contributed by atoms with van der Waals surface area (Å²) in [5.41, 5.74) is 1.95. The summed E-state index contributed by atoms with van der Waals surface area (Å²) in [7, 11) is 0. The van der Waals surface area contributed by atoms with Gasteiger partial charge in [-0.15, -0.1) is 11.3 Å². The lowest BCUT2D eigenvalue weighted by Crippen LogP contribution is -2.13. The number of rotatable bonds is 4. The summed E-state index contributed by atoms with van der Waals surface area (Å²) in [6.07, 6.45) is 1.59. The number of carbonyl (C=O) groups excluding carboxylic acids is 1. The number of hydrogen-bond acceptors (Lipinski definition) is 5. The van der Waals surface area contributed by atoms with E-state index in [9.17, 15) is 14.3 Å². The lowest BCUT2D eigenvalue weighted by Gasteiger charge is -2.03. The van der Waals surface area contributed by atoms with Crippen molar-refractivity contribution < 1.29 is 14.3 Å². The van der Waals surface area contributed by atoms with Crippen LogP contribution in [0.4, 0.5) is 9.52 Å². The third kappa shape index (κ3) is 3.56. The highest BCUT2D eigenvalue weighted by atomic mass is 32.1. The molecule has 134 valence electrons. The van der Waals surface area contributed by atoms with E-state index in [4.69, 9.17) is 0 Å². The molecule has 27 heavy (non-hydrogen) atoms. The van der Waals surface area contributed by atoms with Crippen LogP contribution in [0.2, 0.25) is 0 Å². The molecule has 4 aromatic rings. The summed E-state index contributed by atoms with van der Waals surface area (Å²) in [4.78, 5) is 24.3. The maximum atomic E-state index is 13.3. The molecule has 2 aromatic carbocycles. The Morgan fingerprint density at radius 3 is 2.44 bits per heavy atom. The zero-order chi connectivity index (χ0) is 18.8. The van der Waals surface area contributed by atoms with Crippen LogP contribution in [0.5, 0.6) is 5.75 Å². The highest BCUT2D eigenvalue weighted by Crippen LogP contribution is 2.28. The molecule has 0 aliphatic heterocycles. The van der Waals surface area contributed by atoms with E-state index in [1.54, 1.807) is 35.8 Å². The molecule has 0 fully saturated rings. The third-order valence-corrected chi connectivity index (χ3v) is 4.53. The minimum Gasteiger partial charge on any atom is -0.508 e. The van der Waals surface area contributed by atoms with Gasteiger partial charge < -0.3 is 10.1 Å². The van der Waals surface area contributed by atoms with Gasteiger partial charge in [0.05, 0.1) is 5.69 Å². The van der Waals surface area contributed by atoms with Crippen molar-refractivity contribution in [3.05, 3.63) is 71.6 Å². The number of carbonyl (C=O) groups is 1. The Hall–Kier alpha value is -3.52. The van der Waals surface area contributed by atoms with E-state index in [-0.39, 0.29) is 17.3 Å². The summed E-state index contributed by atoms with van der Waals surface area (Å²) in [6.45, 7) is 0. The summed E-state index contributed by atoms with van der Waals surface area (Å²) in [5, 5.41) is 14.4. The van der Waals surface area contributed by atoms with Gasteiger partial charge in [-0.05, 0) is 48.5 Å². The predicted molar refractivity (Wildman–Crippen MR) is 101 cm³/mol. The zero-order valence-corrected chi connectivity index (χ0v) is 14.6. The van der Waals surface area contributed by atoms with Crippen LogP contribution in [-0.4, -0.2) is 26.0 Å². The maximum absolute atomic E-state index is 13.3. The van der Waals surface area contributed by atoms with Gasteiger partial charge >= 0.3 is 0 Å². The Kier molecular flexibility index (Phi) is 4.39. The average molecular weight is 380 g/mol. The van der Waals surface area contributed by atoms with Crippen LogP contribution in [-0.2, 0) is 0 Å². The number of imidazole rings is 1. The van der Waals surface area contributed by atoms with E-state index in [1.807, 2.05) is 0 Å². The number of phenolic OH excluding ortho intramolecular Hbond substituents is 1. The van der Waals surface area contributed by atoms with Gasteiger partial charge in [0.25, 0.3) is 5.91 Å². The predicted octanol–water partition coefficient (Wildman–Crippen LogP) is 4.30. The van der Waals surface area contributed by atoms with Crippen LogP contribution in [0.25, 0.3) is 22.6 Å². The molecule has 0 aliphatic rings. The molecule has 2 heterocycles. The first-order valence-electron chi connectivity index (χ1n) is 7.96. The number of nitrogens with zero attached hydrogens (tertiary/aromatic N) is 2. The number of anilines is 1. The van der Waals surface area contributed by atoms with E-state index in [1.165, 1.54) is 35.6 Å². The molecule has 1 amide bonds. The van der Waals surface area contributed by atoms with E-state index in [0.717, 1.165) is 0 Å². The molecule has 3 N–H and O–H groups in total. The van der Waals surface area contributed by atoms with Crippen molar-refractivity contribution >= 4 is 22.4 Å². The van der Waals surface area contributed by atoms with Crippen molar-refractivity contribution in [2.75, 3.05) is 5.32 Å². The van der Waals surface area contributed by atoms with Crippen LogP contribution in [0.1, 0.15) is 10.5 Å². The van der Waals surface area contributed by atoms with Gasteiger partial charge in [-0.2, -0.15) is 0 Å². The van der Waals surface area contributed by atoms with E-state index >= 15 is 0 Å².